The van der Waals surface area contributed by atoms with E-state index in [-0.39, 0.29) is 6.04 Å². The van der Waals surface area contributed by atoms with Gasteiger partial charge in [-0.1, -0.05) is 12.1 Å². The van der Waals surface area contributed by atoms with Crippen LogP contribution >= 0.6 is 0 Å². The van der Waals surface area contributed by atoms with E-state index in [4.69, 9.17) is 4.74 Å². The van der Waals surface area contributed by atoms with Gasteiger partial charge in [-0.25, -0.2) is 14.4 Å². The van der Waals surface area contributed by atoms with Crippen molar-refractivity contribution >= 4 is 5.96 Å². The number of benzene rings is 1. The van der Waals surface area contributed by atoms with Crippen LogP contribution in [-0.2, 0) is 6.54 Å². The largest absolute Gasteiger partial charge is 0.439 e. The zero-order valence-corrected chi connectivity index (χ0v) is 17.1. The lowest BCUT2D eigenvalue weighted by Crippen LogP contribution is -2.45. The van der Waals surface area contributed by atoms with Crippen LogP contribution < -0.4 is 15.4 Å². The number of ether oxygens (including phenoxy) is 1. The fraction of sp³-hybridized carbons (Fsp3) is 0.429. The molecule has 1 aliphatic heterocycles. The molecule has 1 saturated heterocycles. The molecule has 0 amide bonds. The molecule has 0 saturated carbocycles. The molecule has 6 nitrogen and oxygen atoms in total. The number of pyridine rings is 1. The normalized spacial score (nSPS) is 17.6. The molecule has 2 aromatic rings. The van der Waals surface area contributed by atoms with E-state index in [2.05, 4.69) is 20.6 Å². The summed E-state index contributed by atoms with van der Waals surface area (Å²) in [5, 5.41) is 6.31. The molecule has 168 valence electrons. The van der Waals surface area contributed by atoms with E-state index in [1.54, 1.807) is 30.5 Å². The third-order valence-corrected chi connectivity index (χ3v) is 4.60. The molecular formula is C21H25F4N5O. The second-order valence-electron chi connectivity index (χ2n) is 7.24. The van der Waals surface area contributed by atoms with Crippen LogP contribution in [0.25, 0.3) is 0 Å². The number of rotatable bonds is 7. The molecule has 31 heavy (non-hydrogen) atoms. The Morgan fingerprint density at radius 1 is 1.29 bits per heavy atom. The summed E-state index contributed by atoms with van der Waals surface area (Å²) in [6.45, 7) is 2.70. The van der Waals surface area contributed by atoms with Crippen LogP contribution in [0.1, 0.15) is 18.9 Å². The van der Waals surface area contributed by atoms with E-state index in [0.29, 0.717) is 50.2 Å². The van der Waals surface area contributed by atoms with Gasteiger partial charge in [0.2, 0.25) is 5.88 Å². The average molecular weight is 439 g/mol. The van der Waals surface area contributed by atoms with Crippen molar-refractivity contribution in [2.75, 3.05) is 26.2 Å². The molecule has 0 radical (unpaired) electrons. The van der Waals surface area contributed by atoms with Crippen LogP contribution in [-0.4, -0.2) is 54.2 Å². The SMILES string of the molecule is CCNC(=NCc1ccc(Oc2cccc(F)c2)nc1)NC1CCN(CC(F)(F)F)C1. The topological polar surface area (TPSA) is 61.8 Å². The standard InChI is InChI=1S/C21H25F4N5O/c1-2-26-20(29-17-8-9-30(13-17)14-21(23,24)25)28-12-15-6-7-19(27-11-15)31-18-5-3-4-16(22)10-18/h3-7,10-11,17H,2,8-9,12-14H2,1H3,(H2,26,28,29). The molecule has 1 aromatic carbocycles. The summed E-state index contributed by atoms with van der Waals surface area (Å²) in [6.07, 6.45) is -1.96. The number of alkyl halides is 3. The first-order chi connectivity index (χ1) is 14.8. The number of nitrogens with zero attached hydrogens (tertiary/aromatic N) is 3. The van der Waals surface area contributed by atoms with Crippen molar-refractivity contribution in [3.63, 3.8) is 0 Å². The molecule has 1 aromatic heterocycles. The zero-order valence-electron chi connectivity index (χ0n) is 17.1. The lowest BCUT2D eigenvalue weighted by molar-refractivity contribution is -0.143. The second kappa shape index (κ2) is 10.4. The van der Waals surface area contributed by atoms with Crippen molar-refractivity contribution in [1.82, 2.24) is 20.5 Å². The second-order valence-corrected chi connectivity index (χ2v) is 7.24. The molecule has 0 bridgehead atoms. The zero-order chi connectivity index (χ0) is 22.3. The van der Waals surface area contributed by atoms with Crippen LogP contribution in [0.15, 0.2) is 47.6 Å². The highest BCUT2D eigenvalue weighted by molar-refractivity contribution is 5.80. The lowest BCUT2D eigenvalue weighted by Gasteiger charge is -2.19. The minimum atomic E-state index is -4.19. The Kier molecular flexibility index (Phi) is 7.67. The van der Waals surface area contributed by atoms with Gasteiger partial charge in [-0.15, -0.1) is 0 Å². The van der Waals surface area contributed by atoms with Crippen molar-refractivity contribution < 1.29 is 22.3 Å². The summed E-state index contributed by atoms with van der Waals surface area (Å²) in [7, 11) is 0. The highest BCUT2D eigenvalue weighted by Gasteiger charge is 2.34. The number of aromatic nitrogens is 1. The van der Waals surface area contributed by atoms with E-state index < -0.39 is 18.5 Å². The Bertz CT molecular complexity index is 873. The highest BCUT2D eigenvalue weighted by atomic mass is 19.4. The third kappa shape index (κ3) is 7.71. The molecule has 0 aliphatic carbocycles. The lowest BCUT2D eigenvalue weighted by atomic mass is 10.2. The van der Waals surface area contributed by atoms with Crippen LogP contribution in [0.5, 0.6) is 11.6 Å². The molecule has 3 rings (SSSR count). The van der Waals surface area contributed by atoms with Crippen molar-refractivity contribution in [3.05, 3.63) is 54.0 Å². The Hall–Kier alpha value is -2.88. The summed E-state index contributed by atoms with van der Waals surface area (Å²) in [5.74, 6) is 0.837. The number of hydrogen-bond donors (Lipinski definition) is 2. The smallest absolute Gasteiger partial charge is 0.401 e. The van der Waals surface area contributed by atoms with Gasteiger partial charge in [0.15, 0.2) is 5.96 Å². The number of halogens is 4. The minimum Gasteiger partial charge on any atom is -0.439 e. The summed E-state index contributed by atoms with van der Waals surface area (Å²) < 4.78 is 56.4. The monoisotopic (exact) mass is 439 g/mol. The van der Waals surface area contributed by atoms with Crippen molar-refractivity contribution in [1.29, 1.82) is 0 Å². The summed E-state index contributed by atoms with van der Waals surface area (Å²) >= 11 is 0. The quantitative estimate of drug-likeness (QED) is 0.391. The van der Waals surface area contributed by atoms with Crippen LogP contribution in [0.4, 0.5) is 17.6 Å². The van der Waals surface area contributed by atoms with E-state index in [9.17, 15) is 17.6 Å². The van der Waals surface area contributed by atoms with Crippen molar-refractivity contribution in [2.45, 2.75) is 32.1 Å². The van der Waals surface area contributed by atoms with Gasteiger partial charge >= 0.3 is 6.18 Å². The highest BCUT2D eigenvalue weighted by Crippen LogP contribution is 2.21. The Labute approximate surface area is 178 Å². The number of hydrogen-bond acceptors (Lipinski definition) is 4. The molecule has 2 heterocycles. The van der Waals surface area contributed by atoms with E-state index in [1.165, 1.54) is 17.0 Å². The number of aliphatic imine (C=N–C) groups is 1. The molecular weight excluding hydrogens is 414 g/mol. The third-order valence-electron chi connectivity index (χ3n) is 4.60. The van der Waals surface area contributed by atoms with Gasteiger partial charge in [0.1, 0.15) is 11.6 Å². The molecule has 10 heteroatoms. The molecule has 1 aliphatic rings. The van der Waals surface area contributed by atoms with Gasteiger partial charge in [0.05, 0.1) is 13.1 Å². The summed E-state index contributed by atoms with van der Waals surface area (Å²) in [4.78, 5) is 10.1. The van der Waals surface area contributed by atoms with Gasteiger partial charge in [-0.05, 0) is 31.0 Å². The fourth-order valence-corrected chi connectivity index (χ4v) is 3.25. The first-order valence-corrected chi connectivity index (χ1v) is 10.0. The maximum Gasteiger partial charge on any atom is 0.401 e. The Morgan fingerprint density at radius 3 is 2.81 bits per heavy atom. The first-order valence-electron chi connectivity index (χ1n) is 10.0. The molecule has 1 unspecified atom stereocenters. The van der Waals surface area contributed by atoms with Gasteiger partial charge in [0, 0.05) is 44.0 Å². The fourth-order valence-electron chi connectivity index (χ4n) is 3.25. The van der Waals surface area contributed by atoms with Crippen molar-refractivity contribution in [3.8, 4) is 11.6 Å². The summed E-state index contributed by atoms with van der Waals surface area (Å²) in [6, 6.07) is 9.16. The molecule has 2 N–H and O–H groups in total. The number of likely N-dealkylation sites (tertiary alicyclic amines) is 1. The maximum atomic E-state index is 13.2. The predicted molar refractivity (Wildman–Crippen MR) is 110 cm³/mol. The average Bonchev–Trinajstić information content (AvgIpc) is 3.12. The predicted octanol–water partition coefficient (Wildman–Crippen LogP) is 3.70. The maximum absolute atomic E-state index is 13.2. The molecule has 0 spiro atoms. The number of guanidine groups is 1. The van der Waals surface area contributed by atoms with Crippen LogP contribution in [0.2, 0.25) is 0 Å². The van der Waals surface area contributed by atoms with Gasteiger partial charge in [-0.3, -0.25) is 4.90 Å². The molecule has 1 atom stereocenters. The minimum absolute atomic E-state index is 0.0969. The molecule has 1 fully saturated rings. The van der Waals surface area contributed by atoms with Gasteiger partial charge in [0.25, 0.3) is 0 Å². The number of nitrogens with one attached hydrogen (secondary N) is 2. The summed E-state index contributed by atoms with van der Waals surface area (Å²) in [5.41, 5.74) is 0.828. The Morgan fingerprint density at radius 2 is 2.13 bits per heavy atom. The van der Waals surface area contributed by atoms with Gasteiger partial charge in [-0.2, -0.15) is 13.2 Å². The van der Waals surface area contributed by atoms with E-state index in [1.807, 2.05) is 6.92 Å². The van der Waals surface area contributed by atoms with Crippen LogP contribution in [0.3, 0.4) is 0 Å². The Balaban J connectivity index is 1.54. The van der Waals surface area contributed by atoms with Crippen LogP contribution in [0, 0.1) is 5.82 Å². The first kappa shape index (κ1) is 22.8. The van der Waals surface area contributed by atoms with Crippen molar-refractivity contribution in [2.24, 2.45) is 4.99 Å². The van der Waals surface area contributed by atoms with Gasteiger partial charge < -0.3 is 15.4 Å². The van der Waals surface area contributed by atoms with E-state index in [0.717, 1.165) is 5.56 Å². The van der Waals surface area contributed by atoms with E-state index >= 15 is 0 Å².